The topological polar surface area (TPSA) is 53.7 Å². The van der Waals surface area contributed by atoms with Gasteiger partial charge in [-0.3, -0.25) is 4.79 Å². The number of nitrogens with zero attached hydrogens (tertiary/aromatic N) is 1. The molecule has 0 radical (unpaired) electrons. The summed E-state index contributed by atoms with van der Waals surface area (Å²) >= 11 is 0. The Hall–Kier alpha value is -2.75. The van der Waals surface area contributed by atoms with Crippen LogP contribution in [0.2, 0.25) is 0 Å². The van der Waals surface area contributed by atoms with Crippen LogP contribution in [0, 0.1) is 0 Å². The van der Waals surface area contributed by atoms with E-state index in [2.05, 4.69) is 0 Å². The summed E-state index contributed by atoms with van der Waals surface area (Å²) in [7, 11) is 3.72. The third-order valence-electron chi connectivity index (χ3n) is 3.37. The number of aromatic hydroxyl groups is 1. The first-order valence-corrected chi connectivity index (χ1v) is 6.60. The van der Waals surface area contributed by atoms with Crippen LogP contribution in [0.25, 0.3) is 22.3 Å². The fraction of sp³-hybridized carbons (Fsp3) is 0.118. The Morgan fingerprint density at radius 2 is 1.76 bits per heavy atom. The van der Waals surface area contributed by atoms with Crippen molar-refractivity contribution in [3.8, 4) is 17.1 Å². The normalized spacial score (nSPS) is 10.8. The molecule has 0 fully saturated rings. The second kappa shape index (κ2) is 4.98. The van der Waals surface area contributed by atoms with Gasteiger partial charge in [-0.25, -0.2) is 0 Å². The van der Waals surface area contributed by atoms with Gasteiger partial charge in [0.1, 0.15) is 22.5 Å². The molecule has 21 heavy (non-hydrogen) atoms. The summed E-state index contributed by atoms with van der Waals surface area (Å²) in [6, 6.07) is 14.1. The van der Waals surface area contributed by atoms with Gasteiger partial charge in [0.25, 0.3) is 0 Å². The van der Waals surface area contributed by atoms with Crippen LogP contribution in [-0.2, 0) is 0 Å². The molecule has 3 rings (SSSR count). The van der Waals surface area contributed by atoms with E-state index in [0.717, 1.165) is 11.3 Å². The predicted molar refractivity (Wildman–Crippen MR) is 83.9 cm³/mol. The lowest BCUT2D eigenvalue weighted by Crippen LogP contribution is -2.09. The van der Waals surface area contributed by atoms with Gasteiger partial charge in [-0.05, 0) is 0 Å². The Kier molecular flexibility index (Phi) is 3.14. The highest BCUT2D eigenvalue weighted by atomic mass is 16.3. The van der Waals surface area contributed by atoms with Gasteiger partial charge in [-0.2, -0.15) is 0 Å². The summed E-state index contributed by atoms with van der Waals surface area (Å²) < 4.78 is 5.81. The summed E-state index contributed by atoms with van der Waals surface area (Å²) in [4.78, 5) is 14.1. The Bertz CT molecular complexity index is 851. The van der Waals surface area contributed by atoms with Crippen LogP contribution < -0.4 is 10.3 Å². The minimum absolute atomic E-state index is 0.0652. The van der Waals surface area contributed by atoms with Gasteiger partial charge in [0.15, 0.2) is 5.43 Å². The first-order chi connectivity index (χ1) is 10.1. The van der Waals surface area contributed by atoms with Crippen molar-refractivity contribution in [1.29, 1.82) is 0 Å². The Balaban J connectivity index is 2.30. The molecular formula is C17H15NO3. The molecule has 0 amide bonds. The van der Waals surface area contributed by atoms with Crippen molar-refractivity contribution in [3.05, 3.63) is 58.8 Å². The van der Waals surface area contributed by atoms with Gasteiger partial charge in [0, 0.05) is 43.5 Å². The number of fused-ring (bicyclic) bond motifs is 1. The molecule has 0 atom stereocenters. The molecule has 0 aliphatic heterocycles. The minimum atomic E-state index is -0.252. The lowest BCUT2D eigenvalue weighted by molar-refractivity contribution is 0.480. The predicted octanol–water partition coefficient (Wildman–Crippen LogP) is 3.23. The maximum Gasteiger partial charge on any atom is 0.197 e. The molecule has 4 nitrogen and oxygen atoms in total. The summed E-state index contributed by atoms with van der Waals surface area (Å²) in [6.07, 6.45) is 0. The van der Waals surface area contributed by atoms with Gasteiger partial charge in [0.05, 0.1) is 0 Å². The fourth-order valence-corrected chi connectivity index (χ4v) is 2.26. The molecule has 0 unspecified atom stereocenters. The number of rotatable bonds is 2. The molecule has 3 aromatic rings. The molecule has 1 heterocycles. The molecule has 0 aliphatic rings. The molecule has 0 saturated carbocycles. The Morgan fingerprint density at radius 1 is 1.05 bits per heavy atom. The first kappa shape index (κ1) is 13.2. The van der Waals surface area contributed by atoms with Gasteiger partial charge in [-0.15, -0.1) is 0 Å². The van der Waals surface area contributed by atoms with Crippen molar-refractivity contribution in [2.75, 3.05) is 19.0 Å². The molecule has 0 bridgehead atoms. The monoisotopic (exact) mass is 281 g/mol. The molecule has 0 saturated heterocycles. The quantitative estimate of drug-likeness (QED) is 0.783. The third kappa shape index (κ3) is 2.36. The van der Waals surface area contributed by atoms with Crippen molar-refractivity contribution in [2.45, 2.75) is 0 Å². The maximum absolute atomic E-state index is 12.2. The van der Waals surface area contributed by atoms with Crippen LogP contribution in [0.4, 0.5) is 5.69 Å². The number of anilines is 1. The average Bonchev–Trinajstić information content (AvgIpc) is 2.47. The molecule has 2 aromatic carbocycles. The van der Waals surface area contributed by atoms with Crippen LogP contribution >= 0.6 is 0 Å². The standard InChI is InChI=1S/C17H15NO3/c1-18(2)12-8-13(19)17-14(20)10-15(21-16(17)9-12)11-6-4-3-5-7-11/h3-10,19H,1-2H3. The number of phenolic OH excluding ortho intramolecular Hbond substituents is 1. The van der Waals surface area contributed by atoms with E-state index < -0.39 is 0 Å². The number of hydrogen-bond acceptors (Lipinski definition) is 4. The van der Waals surface area contributed by atoms with E-state index in [0.29, 0.717) is 11.3 Å². The van der Waals surface area contributed by atoms with Crippen LogP contribution in [0.3, 0.4) is 0 Å². The van der Waals surface area contributed by atoms with E-state index in [1.807, 2.05) is 49.3 Å². The average molecular weight is 281 g/mol. The second-order valence-electron chi connectivity index (χ2n) is 5.07. The van der Waals surface area contributed by atoms with Gasteiger partial charge in [0.2, 0.25) is 0 Å². The summed E-state index contributed by atoms with van der Waals surface area (Å²) in [6.45, 7) is 0. The zero-order chi connectivity index (χ0) is 15.0. The molecule has 0 spiro atoms. The smallest absolute Gasteiger partial charge is 0.197 e. The van der Waals surface area contributed by atoms with E-state index in [1.165, 1.54) is 6.07 Å². The molecule has 0 aliphatic carbocycles. The number of benzene rings is 2. The van der Waals surface area contributed by atoms with Gasteiger partial charge < -0.3 is 14.4 Å². The van der Waals surface area contributed by atoms with Crippen molar-refractivity contribution in [1.82, 2.24) is 0 Å². The lowest BCUT2D eigenvalue weighted by Gasteiger charge is -2.14. The van der Waals surface area contributed by atoms with Crippen molar-refractivity contribution in [2.24, 2.45) is 0 Å². The van der Waals surface area contributed by atoms with Crippen molar-refractivity contribution in [3.63, 3.8) is 0 Å². The SMILES string of the molecule is CN(C)c1cc(O)c2c(=O)cc(-c3ccccc3)oc2c1. The van der Waals surface area contributed by atoms with Crippen LogP contribution in [0.15, 0.2) is 57.7 Å². The maximum atomic E-state index is 12.2. The molecular weight excluding hydrogens is 266 g/mol. The summed E-state index contributed by atoms with van der Waals surface area (Å²) in [5.74, 6) is 0.424. The highest BCUT2D eigenvalue weighted by Crippen LogP contribution is 2.30. The minimum Gasteiger partial charge on any atom is -0.507 e. The molecule has 4 heteroatoms. The van der Waals surface area contributed by atoms with Crippen LogP contribution in [0.5, 0.6) is 5.75 Å². The zero-order valence-corrected chi connectivity index (χ0v) is 11.8. The Labute approximate surface area is 121 Å². The summed E-state index contributed by atoms with van der Waals surface area (Å²) in [5, 5.41) is 10.3. The van der Waals surface area contributed by atoms with Crippen LogP contribution in [-0.4, -0.2) is 19.2 Å². The molecule has 106 valence electrons. The van der Waals surface area contributed by atoms with Gasteiger partial charge >= 0.3 is 0 Å². The third-order valence-corrected chi connectivity index (χ3v) is 3.37. The number of phenols is 1. The van der Waals surface area contributed by atoms with E-state index in [4.69, 9.17) is 4.42 Å². The lowest BCUT2D eigenvalue weighted by atomic mass is 10.1. The van der Waals surface area contributed by atoms with Crippen LogP contribution in [0.1, 0.15) is 0 Å². The zero-order valence-electron chi connectivity index (χ0n) is 11.8. The van der Waals surface area contributed by atoms with E-state index in [1.54, 1.807) is 12.1 Å². The van der Waals surface area contributed by atoms with Gasteiger partial charge in [-0.1, -0.05) is 30.3 Å². The number of hydrogen-bond donors (Lipinski definition) is 1. The second-order valence-corrected chi connectivity index (χ2v) is 5.07. The first-order valence-electron chi connectivity index (χ1n) is 6.60. The Morgan fingerprint density at radius 3 is 2.43 bits per heavy atom. The van der Waals surface area contributed by atoms with E-state index in [9.17, 15) is 9.90 Å². The fourth-order valence-electron chi connectivity index (χ4n) is 2.26. The van der Waals surface area contributed by atoms with Crippen molar-refractivity contribution >= 4 is 16.7 Å². The van der Waals surface area contributed by atoms with E-state index >= 15 is 0 Å². The van der Waals surface area contributed by atoms with Crippen molar-refractivity contribution < 1.29 is 9.52 Å². The largest absolute Gasteiger partial charge is 0.507 e. The molecule has 1 aromatic heterocycles. The van der Waals surface area contributed by atoms with E-state index in [-0.39, 0.29) is 16.6 Å². The molecule has 1 N–H and O–H groups in total. The summed E-state index contributed by atoms with van der Waals surface area (Å²) in [5.41, 5.74) is 1.72. The highest BCUT2D eigenvalue weighted by molar-refractivity contribution is 5.88. The highest BCUT2D eigenvalue weighted by Gasteiger charge is 2.12.